The minimum absolute atomic E-state index is 0.0374. The van der Waals surface area contributed by atoms with Crippen LogP contribution in [0.3, 0.4) is 0 Å². The number of amides is 2. The summed E-state index contributed by atoms with van der Waals surface area (Å²) in [6.07, 6.45) is 1.45. The molecule has 8 heteroatoms. The predicted molar refractivity (Wildman–Crippen MR) is 125 cm³/mol. The van der Waals surface area contributed by atoms with Gasteiger partial charge in [0.1, 0.15) is 11.3 Å². The smallest absolute Gasteiger partial charge is 0.245 e. The van der Waals surface area contributed by atoms with Crippen molar-refractivity contribution in [1.82, 2.24) is 10.2 Å². The number of carbonyl (C=O) groups is 2. The van der Waals surface area contributed by atoms with Gasteiger partial charge < -0.3 is 24.4 Å². The third-order valence-electron chi connectivity index (χ3n) is 5.93. The fourth-order valence-electron chi connectivity index (χ4n) is 3.98. The molecule has 1 fully saturated rings. The molecule has 3 rings (SSSR count). The van der Waals surface area contributed by atoms with Crippen LogP contribution in [0.5, 0.6) is 17.2 Å². The molecule has 1 N–H and O–H groups in total. The van der Waals surface area contributed by atoms with Gasteiger partial charge in [-0.3, -0.25) is 9.59 Å². The lowest BCUT2D eigenvalue weighted by molar-refractivity contribution is -0.141. The second kappa shape index (κ2) is 10.3. The van der Waals surface area contributed by atoms with Crippen molar-refractivity contribution >= 4 is 27.7 Å². The van der Waals surface area contributed by atoms with Gasteiger partial charge >= 0.3 is 0 Å². The largest absolute Gasteiger partial charge is 0.496 e. The molecule has 0 unspecified atom stereocenters. The zero-order valence-corrected chi connectivity index (χ0v) is 20.5. The summed E-state index contributed by atoms with van der Waals surface area (Å²) in [4.78, 5) is 27.5. The maximum Gasteiger partial charge on any atom is 0.245 e. The Labute approximate surface area is 197 Å². The van der Waals surface area contributed by atoms with Crippen LogP contribution in [0.15, 0.2) is 40.9 Å². The maximum absolute atomic E-state index is 13.2. The van der Waals surface area contributed by atoms with Crippen LogP contribution in [0.4, 0.5) is 0 Å². The Morgan fingerprint density at radius 1 is 1.06 bits per heavy atom. The quantitative estimate of drug-likeness (QED) is 0.563. The first-order valence-electron chi connectivity index (χ1n) is 10.4. The molecule has 32 heavy (non-hydrogen) atoms. The van der Waals surface area contributed by atoms with E-state index >= 15 is 0 Å². The van der Waals surface area contributed by atoms with Gasteiger partial charge in [0, 0.05) is 23.0 Å². The molecule has 1 heterocycles. The predicted octanol–water partition coefficient (Wildman–Crippen LogP) is 3.71. The average Bonchev–Trinajstić information content (AvgIpc) is 3.08. The molecule has 0 saturated carbocycles. The van der Waals surface area contributed by atoms with Crippen molar-refractivity contribution in [2.75, 3.05) is 27.9 Å². The van der Waals surface area contributed by atoms with Crippen LogP contribution in [0.1, 0.15) is 30.9 Å². The molecule has 0 spiro atoms. The second-order valence-electron chi connectivity index (χ2n) is 7.91. The van der Waals surface area contributed by atoms with Gasteiger partial charge in [-0.2, -0.15) is 0 Å². The number of nitrogens with one attached hydrogen (secondary N) is 1. The van der Waals surface area contributed by atoms with Crippen LogP contribution in [0, 0.1) is 0 Å². The number of hydrogen-bond donors (Lipinski definition) is 1. The van der Waals surface area contributed by atoms with E-state index in [1.54, 1.807) is 26.2 Å². The average molecular weight is 505 g/mol. The summed E-state index contributed by atoms with van der Waals surface area (Å²) in [5.41, 5.74) is 0.954. The first kappa shape index (κ1) is 23.9. The van der Waals surface area contributed by atoms with Crippen LogP contribution in [-0.4, -0.2) is 50.1 Å². The monoisotopic (exact) mass is 504 g/mol. The Morgan fingerprint density at radius 3 is 2.44 bits per heavy atom. The van der Waals surface area contributed by atoms with Crippen molar-refractivity contribution in [1.29, 1.82) is 0 Å². The number of nitrogens with zero attached hydrogens (tertiary/aromatic N) is 1. The number of benzene rings is 2. The number of likely N-dealkylation sites (tertiary alicyclic amines) is 1. The highest BCUT2D eigenvalue weighted by Gasteiger charge is 2.47. The fraction of sp³-hybridized carbons (Fsp3) is 0.417. The molecule has 2 amide bonds. The number of halogens is 1. The van der Waals surface area contributed by atoms with E-state index in [1.807, 2.05) is 43.3 Å². The summed E-state index contributed by atoms with van der Waals surface area (Å²) < 4.78 is 16.9. The zero-order chi connectivity index (χ0) is 23.3. The first-order chi connectivity index (χ1) is 15.3. The third-order valence-corrected chi connectivity index (χ3v) is 6.42. The number of hydrogen-bond acceptors (Lipinski definition) is 5. The van der Waals surface area contributed by atoms with Gasteiger partial charge in [0.2, 0.25) is 11.8 Å². The van der Waals surface area contributed by atoms with E-state index in [-0.39, 0.29) is 11.8 Å². The van der Waals surface area contributed by atoms with E-state index in [9.17, 15) is 9.59 Å². The van der Waals surface area contributed by atoms with Gasteiger partial charge in [0.05, 0.1) is 27.9 Å². The second-order valence-corrected chi connectivity index (χ2v) is 8.82. The first-order valence-corrected chi connectivity index (χ1v) is 11.2. The van der Waals surface area contributed by atoms with Gasteiger partial charge in [-0.15, -0.1) is 0 Å². The molecular weight excluding hydrogens is 476 g/mol. The minimum Gasteiger partial charge on any atom is -0.496 e. The molecule has 0 bridgehead atoms. The molecule has 2 aromatic carbocycles. The van der Waals surface area contributed by atoms with E-state index < -0.39 is 5.54 Å². The van der Waals surface area contributed by atoms with E-state index in [1.165, 1.54) is 0 Å². The van der Waals surface area contributed by atoms with Crippen LogP contribution in [-0.2, 0) is 22.6 Å². The standard InChI is InChI=1S/C24H29BrN2O5/c1-24(23(29)26-12-10-16-5-7-20(31-3)21(13-16)32-4)11-9-22(28)27(24)15-17-14-18(25)6-8-19(17)30-2/h5-8,13-14H,9-12,15H2,1-4H3,(H,26,29)/t24-/m0/s1. The molecule has 172 valence electrons. The number of methoxy groups -OCH3 is 3. The Bertz CT molecular complexity index is 996. The van der Waals surface area contributed by atoms with Crippen LogP contribution in [0.2, 0.25) is 0 Å². The topological polar surface area (TPSA) is 77.1 Å². The number of ether oxygens (including phenoxy) is 3. The Balaban J connectivity index is 1.68. The molecule has 1 aliphatic heterocycles. The van der Waals surface area contributed by atoms with Crippen molar-refractivity contribution in [3.05, 3.63) is 52.0 Å². The van der Waals surface area contributed by atoms with Gasteiger partial charge in [0.25, 0.3) is 0 Å². The Kier molecular flexibility index (Phi) is 7.66. The molecule has 7 nitrogen and oxygen atoms in total. The lowest BCUT2D eigenvalue weighted by Crippen LogP contribution is -2.54. The summed E-state index contributed by atoms with van der Waals surface area (Å²) in [5.74, 6) is 1.81. The summed E-state index contributed by atoms with van der Waals surface area (Å²) in [6.45, 7) is 2.58. The lowest BCUT2D eigenvalue weighted by Gasteiger charge is -2.34. The highest BCUT2D eigenvalue weighted by molar-refractivity contribution is 9.10. The van der Waals surface area contributed by atoms with Crippen molar-refractivity contribution < 1.29 is 23.8 Å². The molecule has 0 aromatic heterocycles. The lowest BCUT2D eigenvalue weighted by atomic mass is 9.96. The Morgan fingerprint density at radius 2 is 1.75 bits per heavy atom. The van der Waals surface area contributed by atoms with E-state index in [4.69, 9.17) is 14.2 Å². The van der Waals surface area contributed by atoms with E-state index in [0.29, 0.717) is 49.6 Å². The fourth-order valence-corrected chi connectivity index (χ4v) is 4.39. The van der Waals surface area contributed by atoms with Crippen LogP contribution in [0.25, 0.3) is 0 Å². The van der Waals surface area contributed by atoms with Crippen LogP contribution >= 0.6 is 15.9 Å². The third kappa shape index (κ3) is 5.01. The van der Waals surface area contributed by atoms with Crippen molar-refractivity contribution in [2.24, 2.45) is 0 Å². The minimum atomic E-state index is -0.915. The molecule has 1 saturated heterocycles. The van der Waals surface area contributed by atoms with E-state index in [2.05, 4.69) is 21.2 Å². The van der Waals surface area contributed by atoms with Gasteiger partial charge in [-0.1, -0.05) is 22.0 Å². The van der Waals surface area contributed by atoms with Gasteiger partial charge in [-0.25, -0.2) is 0 Å². The zero-order valence-electron chi connectivity index (χ0n) is 18.9. The molecule has 0 radical (unpaired) electrons. The molecule has 1 aliphatic rings. The molecule has 2 aromatic rings. The number of carbonyl (C=O) groups excluding carboxylic acids is 2. The maximum atomic E-state index is 13.2. The number of rotatable bonds is 9. The van der Waals surface area contributed by atoms with E-state index in [0.717, 1.165) is 15.6 Å². The Hall–Kier alpha value is -2.74. The summed E-state index contributed by atoms with van der Waals surface area (Å²) in [7, 11) is 4.78. The summed E-state index contributed by atoms with van der Waals surface area (Å²) in [6, 6.07) is 11.3. The highest BCUT2D eigenvalue weighted by atomic mass is 79.9. The normalized spacial score (nSPS) is 17.9. The SMILES string of the molecule is COc1ccc(Br)cc1CN1C(=O)CC[C@@]1(C)C(=O)NCCc1ccc(OC)c(OC)c1. The molecule has 1 atom stereocenters. The van der Waals surface area contributed by atoms with Crippen molar-refractivity contribution in [3.8, 4) is 17.2 Å². The summed E-state index contributed by atoms with van der Waals surface area (Å²) in [5, 5.41) is 3.01. The van der Waals surface area contributed by atoms with Gasteiger partial charge in [0.15, 0.2) is 11.5 Å². The summed E-state index contributed by atoms with van der Waals surface area (Å²) >= 11 is 3.47. The van der Waals surface area contributed by atoms with Crippen LogP contribution < -0.4 is 19.5 Å². The highest BCUT2D eigenvalue weighted by Crippen LogP contribution is 2.34. The van der Waals surface area contributed by atoms with Crippen molar-refractivity contribution in [3.63, 3.8) is 0 Å². The van der Waals surface area contributed by atoms with Gasteiger partial charge in [-0.05, 0) is 55.7 Å². The molecule has 0 aliphatic carbocycles. The molecular formula is C24H29BrN2O5. The van der Waals surface area contributed by atoms with Crippen molar-refractivity contribution in [2.45, 2.75) is 38.3 Å².